The summed E-state index contributed by atoms with van der Waals surface area (Å²) < 4.78 is 39.9. The molecule has 0 aromatic heterocycles. The van der Waals surface area contributed by atoms with Crippen molar-refractivity contribution in [1.82, 2.24) is 0 Å². The second-order valence-corrected chi connectivity index (χ2v) is 20.0. The molecule has 0 aromatic carbocycles. The van der Waals surface area contributed by atoms with Crippen LogP contribution in [-0.4, -0.2) is 64.1 Å². The standard InChI is InChI=1S/C29H48O6Si/c1-24(2,3)36(6,7)35-22-21-19(8-10-26(5)20(21)9-11-29(26)32-16-17-33-29)25(4)12-13-27(30-14-15-31-27)18-28(25)23(22)34-28/h19-23H,8-18H2,1-7H3/t19?,20?,21?,22?,23-,25+,26-,28-/m0/s1. The van der Waals surface area contributed by atoms with Gasteiger partial charge in [-0.3, -0.25) is 0 Å². The third kappa shape index (κ3) is 2.95. The van der Waals surface area contributed by atoms with Gasteiger partial charge in [0.05, 0.1) is 32.5 Å². The first-order valence-corrected chi connectivity index (χ1v) is 17.6. The van der Waals surface area contributed by atoms with Crippen molar-refractivity contribution in [3.8, 4) is 0 Å². The molecule has 0 radical (unpaired) electrons. The molecule has 204 valence electrons. The molecule has 4 saturated carbocycles. The molecular formula is C29H48O6Si. The number of hydrogen-bond donors (Lipinski definition) is 0. The minimum absolute atomic E-state index is 0.0402. The van der Waals surface area contributed by atoms with Gasteiger partial charge >= 0.3 is 0 Å². The Labute approximate surface area is 218 Å². The summed E-state index contributed by atoms with van der Waals surface area (Å²) in [5, 5.41) is 0.156. The van der Waals surface area contributed by atoms with Gasteiger partial charge < -0.3 is 28.1 Å². The van der Waals surface area contributed by atoms with Crippen LogP contribution in [0.5, 0.6) is 0 Å². The lowest BCUT2D eigenvalue weighted by Crippen LogP contribution is -2.67. The van der Waals surface area contributed by atoms with Crippen LogP contribution in [0.2, 0.25) is 18.1 Å². The maximum Gasteiger partial charge on any atom is 0.192 e. The molecule has 0 bridgehead atoms. The smallest absolute Gasteiger partial charge is 0.192 e. The van der Waals surface area contributed by atoms with Gasteiger partial charge in [-0.2, -0.15) is 0 Å². The molecule has 6 nitrogen and oxygen atoms in total. The van der Waals surface area contributed by atoms with E-state index in [0.717, 1.165) is 38.9 Å². The highest BCUT2D eigenvalue weighted by atomic mass is 28.4. The Morgan fingerprint density at radius 1 is 0.778 bits per heavy atom. The van der Waals surface area contributed by atoms with E-state index in [4.69, 9.17) is 28.1 Å². The van der Waals surface area contributed by atoms with Crippen molar-refractivity contribution in [2.45, 2.75) is 127 Å². The van der Waals surface area contributed by atoms with E-state index in [2.05, 4.69) is 47.7 Å². The number of ether oxygens (including phenoxy) is 5. The van der Waals surface area contributed by atoms with E-state index >= 15 is 0 Å². The molecule has 0 aromatic rings. The third-order valence-corrected chi connectivity index (χ3v) is 17.4. The van der Waals surface area contributed by atoms with Crippen LogP contribution in [-0.2, 0) is 28.1 Å². The van der Waals surface area contributed by atoms with Gasteiger partial charge in [0.15, 0.2) is 19.9 Å². The summed E-state index contributed by atoms with van der Waals surface area (Å²) in [4.78, 5) is 0. The number of epoxide rings is 1. The Kier molecular flexibility index (Phi) is 5.12. The average Bonchev–Trinajstić information content (AvgIpc) is 3.13. The van der Waals surface area contributed by atoms with Gasteiger partial charge in [-0.1, -0.05) is 34.6 Å². The molecule has 7 fully saturated rings. The molecule has 4 unspecified atom stereocenters. The van der Waals surface area contributed by atoms with E-state index in [9.17, 15) is 0 Å². The van der Waals surface area contributed by atoms with Crippen LogP contribution in [0.25, 0.3) is 0 Å². The van der Waals surface area contributed by atoms with Crippen molar-refractivity contribution >= 4 is 8.32 Å². The second-order valence-electron chi connectivity index (χ2n) is 15.2. The highest BCUT2D eigenvalue weighted by molar-refractivity contribution is 6.74. The Balaban J connectivity index is 1.30. The lowest BCUT2D eigenvalue weighted by Gasteiger charge is -2.62. The van der Waals surface area contributed by atoms with Gasteiger partial charge in [0.25, 0.3) is 0 Å². The normalized spacial score (nSPS) is 50.6. The molecule has 3 saturated heterocycles. The monoisotopic (exact) mass is 520 g/mol. The van der Waals surface area contributed by atoms with Crippen LogP contribution in [0.3, 0.4) is 0 Å². The van der Waals surface area contributed by atoms with Crippen molar-refractivity contribution in [2.24, 2.45) is 28.6 Å². The third-order valence-electron chi connectivity index (χ3n) is 12.9. The SMILES string of the molecule is CC(C)(C)[Si](C)(C)OC1C2C3CCC4(OCCO4)[C@@]3(C)CCC2[C@@]2(C)CCC3(C[C@@]24O[C@@H]14)OCCO3. The fourth-order valence-corrected chi connectivity index (χ4v) is 11.2. The van der Waals surface area contributed by atoms with Gasteiger partial charge in [-0.25, -0.2) is 0 Å². The van der Waals surface area contributed by atoms with Crippen molar-refractivity contribution < 1.29 is 28.1 Å². The summed E-state index contributed by atoms with van der Waals surface area (Å²) in [5.41, 5.74) is -0.0165. The molecule has 0 N–H and O–H groups in total. The highest BCUT2D eigenvalue weighted by Crippen LogP contribution is 2.76. The van der Waals surface area contributed by atoms with Crippen LogP contribution in [0.4, 0.5) is 0 Å². The summed E-state index contributed by atoms with van der Waals surface area (Å²) in [7, 11) is -2.02. The average molecular weight is 521 g/mol. The molecule has 7 rings (SSSR count). The Hall–Kier alpha value is -0.0231. The van der Waals surface area contributed by atoms with Gasteiger partial charge in [0, 0.05) is 30.1 Å². The molecule has 3 spiro atoms. The number of fused-ring (bicyclic) bond motifs is 5. The molecule has 3 aliphatic heterocycles. The van der Waals surface area contributed by atoms with E-state index in [1.807, 2.05) is 0 Å². The predicted octanol–water partition coefficient (Wildman–Crippen LogP) is 5.65. The predicted molar refractivity (Wildman–Crippen MR) is 138 cm³/mol. The minimum Gasteiger partial charge on any atom is -0.411 e. The zero-order valence-corrected chi connectivity index (χ0v) is 24.6. The molecule has 4 aliphatic carbocycles. The number of hydrogen-bond acceptors (Lipinski definition) is 6. The quantitative estimate of drug-likeness (QED) is 0.347. The lowest BCUT2D eigenvalue weighted by atomic mass is 9.44. The summed E-state index contributed by atoms with van der Waals surface area (Å²) in [5.74, 6) is 0.758. The molecule has 0 amide bonds. The van der Waals surface area contributed by atoms with Crippen LogP contribution in [0, 0.1) is 28.6 Å². The van der Waals surface area contributed by atoms with E-state index in [1.54, 1.807) is 0 Å². The summed E-state index contributed by atoms with van der Waals surface area (Å²) in [6.07, 6.45) is 7.76. The van der Waals surface area contributed by atoms with Crippen molar-refractivity contribution in [3.05, 3.63) is 0 Å². The van der Waals surface area contributed by atoms with Crippen LogP contribution < -0.4 is 0 Å². The van der Waals surface area contributed by atoms with Gasteiger partial charge in [-0.05, 0) is 61.6 Å². The fraction of sp³-hybridized carbons (Fsp3) is 1.00. The first kappa shape index (κ1) is 25.0. The topological polar surface area (TPSA) is 58.7 Å². The van der Waals surface area contributed by atoms with Crippen LogP contribution in [0.1, 0.15) is 79.6 Å². The van der Waals surface area contributed by atoms with Gasteiger partial charge in [0.1, 0.15) is 11.7 Å². The van der Waals surface area contributed by atoms with E-state index in [-0.39, 0.29) is 33.7 Å². The highest BCUT2D eigenvalue weighted by Gasteiger charge is 2.82. The molecular weight excluding hydrogens is 472 g/mol. The van der Waals surface area contributed by atoms with E-state index in [0.29, 0.717) is 31.0 Å². The molecule has 8 atom stereocenters. The minimum atomic E-state index is -2.02. The van der Waals surface area contributed by atoms with Gasteiger partial charge in [0.2, 0.25) is 0 Å². The van der Waals surface area contributed by atoms with Crippen molar-refractivity contribution in [2.75, 3.05) is 26.4 Å². The summed E-state index contributed by atoms with van der Waals surface area (Å²) in [6, 6.07) is 0. The Morgan fingerprint density at radius 3 is 2.06 bits per heavy atom. The van der Waals surface area contributed by atoms with Crippen LogP contribution in [0.15, 0.2) is 0 Å². The van der Waals surface area contributed by atoms with Crippen molar-refractivity contribution in [3.63, 3.8) is 0 Å². The molecule has 7 aliphatic rings. The summed E-state index contributed by atoms with van der Waals surface area (Å²) >= 11 is 0. The second kappa shape index (κ2) is 7.38. The zero-order chi connectivity index (χ0) is 25.4. The zero-order valence-electron chi connectivity index (χ0n) is 23.6. The van der Waals surface area contributed by atoms with Crippen LogP contribution >= 0.6 is 0 Å². The van der Waals surface area contributed by atoms with E-state index in [1.165, 1.54) is 19.3 Å². The van der Waals surface area contributed by atoms with E-state index < -0.39 is 19.9 Å². The Bertz CT molecular complexity index is 919. The molecule has 3 heterocycles. The maximum atomic E-state index is 7.46. The fourth-order valence-electron chi connectivity index (χ4n) is 9.86. The molecule has 36 heavy (non-hydrogen) atoms. The lowest BCUT2D eigenvalue weighted by molar-refractivity contribution is -0.260. The first-order chi connectivity index (χ1) is 16.8. The Morgan fingerprint density at radius 2 is 1.39 bits per heavy atom. The summed E-state index contributed by atoms with van der Waals surface area (Å²) in [6.45, 7) is 19.8. The largest absolute Gasteiger partial charge is 0.411 e. The molecule has 7 heteroatoms. The first-order valence-electron chi connectivity index (χ1n) is 14.7. The van der Waals surface area contributed by atoms with Crippen molar-refractivity contribution in [1.29, 1.82) is 0 Å². The maximum absolute atomic E-state index is 7.46. The van der Waals surface area contributed by atoms with Gasteiger partial charge in [-0.15, -0.1) is 0 Å². The number of rotatable bonds is 2.